The second-order valence-corrected chi connectivity index (χ2v) is 11.4. The topological polar surface area (TPSA) is 267 Å². The number of nitrogens with one attached hydrogen (secondary N) is 5. The van der Waals surface area contributed by atoms with Crippen molar-refractivity contribution in [3.63, 3.8) is 0 Å². The fraction of sp³-hybridized carbons (Fsp3) is 0.344. The van der Waals surface area contributed by atoms with Gasteiger partial charge in [0.2, 0.25) is 17.7 Å². The minimum Gasteiger partial charge on any atom is -0.480 e. The van der Waals surface area contributed by atoms with Crippen LogP contribution >= 0.6 is 0 Å². The zero-order chi connectivity index (χ0) is 34.1. The number of nitrogens with zero attached hydrogens (tertiary/aromatic N) is 1. The number of nitrogens with two attached hydrogens (primary N) is 3. The van der Waals surface area contributed by atoms with Crippen molar-refractivity contribution in [3.05, 3.63) is 72.1 Å². The molecule has 0 aliphatic rings. The zero-order valence-electron chi connectivity index (χ0n) is 25.9. The molecule has 0 spiro atoms. The lowest BCUT2D eigenvalue weighted by Gasteiger charge is -2.26. The molecule has 250 valence electrons. The van der Waals surface area contributed by atoms with Gasteiger partial charge in [-0.15, -0.1) is 0 Å². The number of aliphatic hydroxyl groups is 1. The van der Waals surface area contributed by atoms with Gasteiger partial charge in [-0.05, 0) is 49.4 Å². The van der Waals surface area contributed by atoms with E-state index in [0.29, 0.717) is 0 Å². The number of hydrogen-bond acceptors (Lipinski definition) is 7. The molecule has 0 fully saturated rings. The van der Waals surface area contributed by atoms with E-state index in [1.165, 1.54) is 6.92 Å². The molecule has 2 heterocycles. The fourth-order valence-corrected chi connectivity index (χ4v) is 5.33. The second-order valence-electron chi connectivity index (χ2n) is 11.4. The van der Waals surface area contributed by atoms with Gasteiger partial charge in [-0.3, -0.25) is 19.4 Å². The number of amides is 3. The Balaban J connectivity index is 1.56. The Morgan fingerprint density at radius 3 is 1.89 bits per heavy atom. The Hall–Kier alpha value is -5.41. The van der Waals surface area contributed by atoms with Crippen LogP contribution in [0.3, 0.4) is 0 Å². The third-order valence-corrected chi connectivity index (χ3v) is 7.81. The summed E-state index contributed by atoms with van der Waals surface area (Å²) in [5, 5.41) is 28.8. The number of aromatic amines is 2. The number of rotatable bonds is 16. The molecule has 15 nitrogen and oxygen atoms in total. The molecule has 0 aliphatic carbocycles. The van der Waals surface area contributed by atoms with Gasteiger partial charge in [0.25, 0.3) is 0 Å². The summed E-state index contributed by atoms with van der Waals surface area (Å²) in [7, 11) is 0. The highest BCUT2D eigenvalue weighted by Gasteiger charge is 2.32. The van der Waals surface area contributed by atoms with Crippen molar-refractivity contribution < 1.29 is 29.4 Å². The van der Waals surface area contributed by atoms with Crippen molar-refractivity contribution in [2.45, 2.75) is 62.9 Å². The van der Waals surface area contributed by atoms with Crippen molar-refractivity contribution in [3.8, 4) is 0 Å². The van der Waals surface area contributed by atoms with E-state index in [4.69, 9.17) is 17.2 Å². The molecule has 0 aliphatic heterocycles. The minimum absolute atomic E-state index is 0.0222. The number of hydrogen-bond donors (Lipinski definition) is 10. The molecular weight excluding hydrogens is 606 g/mol. The molecule has 5 unspecified atom stereocenters. The summed E-state index contributed by atoms with van der Waals surface area (Å²) in [6.45, 7) is 1.36. The molecule has 13 N–H and O–H groups in total. The normalized spacial score (nSPS) is 14.4. The van der Waals surface area contributed by atoms with E-state index < -0.39 is 54.0 Å². The number of guanidine groups is 1. The molecule has 0 bridgehead atoms. The van der Waals surface area contributed by atoms with E-state index in [-0.39, 0.29) is 38.2 Å². The van der Waals surface area contributed by atoms with Crippen LogP contribution in [0.25, 0.3) is 21.8 Å². The smallest absolute Gasteiger partial charge is 0.328 e. The molecule has 0 saturated carbocycles. The van der Waals surface area contributed by atoms with Gasteiger partial charge in [0.15, 0.2) is 12.0 Å². The van der Waals surface area contributed by atoms with Crippen LogP contribution in [0.1, 0.15) is 30.9 Å². The lowest BCUT2D eigenvalue weighted by atomic mass is 10.0. The van der Waals surface area contributed by atoms with Crippen LogP contribution in [-0.4, -0.2) is 86.6 Å². The molecule has 5 atom stereocenters. The number of aliphatic hydroxyl groups excluding tert-OH is 1. The van der Waals surface area contributed by atoms with Crippen LogP contribution in [0.15, 0.2) is 65.9 Å². The molecule has 3 amide bonds. The lowest BCUT2D eigenvalue weighted by molar-refractivity contribution is -0.145. The number of carbonyl (C=O) groups excluding carboxylic acids is 3. The van der Waals surface area contributed by atoms with E-state index in [1.807, 2.05) is 48.5 Å². The van der Waals surface area contributed by atoms with Gasteiger partial charge in [-0.2, -0.15) is 0 Å². The van der Waals surface area contributed by atoms with Crippen LogP contribution in [0.2, 0.25) is 0 Å². The number of carboxylic acid groups (broad SMARTS) is 1. The van der Waals surface area contributed by atoms with Crippen molar-refractivity contribution in [2.75, 3.05) is 6.54 Å². The Kier molecular flexibility index (Phi) is 11.5. The summed E-state index contributed by atoms with van der Waals surface area (Å²) in [5.74, 6) is -3.73. The lowest BCUT2D eigenvalue weighted by Crippen LogP contribution is -2.58. The molecular formula is C32H41N9O6. The summed E-state index contributed by atoms with van der Waals surface area (Å²) >= 11 is 0. The van der Waals surface area contributed by atoms with Crippen molar-refractivity contribution in [2.24, 2.45) is 22.2 Å². The zero-order valence-corrected chi connectivity index (χ0v) is 25.9. The second kappa shape index (κ2) is 15.7. The standard InChI is InChI=1S/C32H41N9O6/c1-17(42)27(31(46)47)41-29(44)25(11-6-12-36-32(34)35)39-30(45)26(14-19-16-38-24-10-5-3-8-21(19)24)40-28(43)22(33)13-18-15-37-23-9-4-2-7-20(18)23/h2-5,7-10,15-17,22,25-27,37-38,42H,6,11-14,33H2,1H3,(H,39,45)(H,40,43)(H,41,44)(H,46,47)(H4,34,35,36). The Bertz CT molecular complexity index is 1740. The van der Waals surface area contributed by atoms with Gasteiger partial charge >= 0.3 is 5.97 Å². The third-order valence-electron chi connectivity index (χ3n) is 7.81. The number of carboxylic acids is 1. The third kappa shape index (κ3) is 9.08. The van der Waals surface area contributed by atoms with Crippen LogP contribution in [-0.2, 0) is 32.0 Å². The maximum Gasteiger partial charge on any atom is 0.328 e. The molecule has 4 aromatic rings. The van der Waals surface area contributed by atoms with Crippen molar-refractivity contribution >= 4 is 51.5 Å². The first kappa shape index (κ1) is 34.5. The number of H-pyrrole nitrogens is 2. The van der Waals surface area contributed by atoms with E-state index in [1.54, 1.807) is 12.4 Å². The number of aliphatic imine (C=N–C) groups is 1. The van der Waals surface area contributed by atoms with Crippen molar-refractivity contribution in [1.29, 1.82) is 0 Å². The Labute approximate surface area is 270 Å². The quantitative estimate of drug-likeness (QED) is 0.0435. The predicted octanol–water partition coefficient (Wildman–Crippen LogP) is -0.265. The van der Waals surface area contributed by atoms with E-state index >= 15 is 0 Å². The molecule has 15 heteroatoms. The Morgan fingerprint density at radius 2 is 1.34 bits per heavy atom. The van der Waals surface area contributed by atoms with Crippen LogP contribution in [0, 0.1) is 0 Å². The number of carbonyl (C=O) groups is 4. The summed E-state index contributed by atoms with van der Waals surface area (Å²) < 4.78 is 0. The summed E-state index contributed by atoms with van der Waals surface area (Å²) in [6, 6.07) is 10.0. The maximum atomic E-state index is 13.9. The van der Waals surface area contributed by atoms with Gasteiger partial charge in [-0.25, -0.2) is 4.79 Å². The summed E-state index contributed by atoms with van der Waals surface area (Å²) in [4.78, 5) is 62.4. The van der Waals surface area contributed by atoms with Crippen LogP contribution in [0.4, 0.5) is 0 Å². The van der Waals surface area contributed by atoms with E-state index in [0.717, 1.165) is 32.9 Å². The van der Waals surface area contributed by atoms with Gasteiger partial charge < -0.3 is 53.3 Å². The average Bonchev–Trinajstić information content (AvgIpc) is 3.64. The van der Waals surface area contributed by atoms with E-state index in [9.17, 15) is 29.4 Å². The molecule has 2 aromatic carbocycles. The van der Waals surface area contributed by atoms with Gasteiger partial charge in [0.05, 0.1) is 12.1 Å². The molecule has 4 rings (SSSR count). The number of para-hydroxylation sites is 2. The maximum absolute atomic E-state index is 13.9. The average molecular weight is 648 g/mol. The molecule has 2 aromatic heterocycles. The highest BCUT2D eigenvalue weighted by Crippen LogP contribution is 2.21. The van der Waals surface area contributed by atoms with Crippen LogP contribution < -0.4 is 33.2 Å². The number of aliphatic carboxylic acids is 1. The Morgan fingerprint density at radius 1 is 0.809 bits per heavy atom. The van der Waals surface area contributed by atoms with Crippen LogP contribution in [0.5, 0.6) is 0 Å². The van der Waals surface area contributed by atoms with Gasteiger partial charge in [0, 0.05) is 47.2 Å². The monoisotopic (exact) mass is 647 g/mol. The fourth-order valence-electron chi connectivity index (χ4n) is 5.33. The summed E-state index contributed by atoms with van der Waals surface area (Å²) in [5.41, 5.74) is 20.4. The number of fused-ring (bicyclic) bond motifs is 2. The first-order valence-electron chi connectivity index (χ1n) is 15.2. The van der Waals surface area contributed by atoms with Gasteiger partial charge in [0.1, 0.15) is 12.1 Å². The first-order chi connectivity index (χ1) is 22.4. The molecule has 47 heavy (non-hydrogen) atoms. The molecule has 0 radical (unpaired) electrons. The largest absolute Gasteiger partial charge is 0.480 e. The predicted molar refractivity (Wildman–Crippen MR) is 177 cm³/mol. The highest BCUT2D eigenvalue weighted by atomic mass is 16.4. The molecule has 0 saturated heterocycles. The highest BCUT2D eigenvalue weighted by molar-refractivity contribution is 5.95. The number of benzene rings is 2. The summed E-state index contributed by atoms with van der Waals surface area (Å²) in [6.07, 6.45) is 2.63. The van der Waals surface area contributed by atoms with Crippen molar-refractivity contribution in [1.82, 2.24) is 25.9 Å². The van der Waals surface area contributed by atoms with E-state index in [2.05, 4.69) is 30.9 Å². The SMILES string of the molecule is CC(O)C(NC(=O)C(CCCN=C(N)N)NC(=O)C(Cc1c[nH]c2ccccc12)NC(=O)C(N)Cc1c[nH]c2ccccc12)C(=O)O. The number of aromatic nitrogens is 2. The minimum atomic E-state index is -1.62. The van der Waals surface area contributed by atoms with Gasteiger partial charge in [-0.1, -0.05) is 36.4 Å². The first-order valence-corrected chi connectivity index (χ1v) is 15.2.